The molecule has 0 aliphatic carbocycles. The first-order valence-corrected chi connectivity index (χ1v) is 17.0. The van der Waals surface area contributed by atoms with Crippen molar-refractivity contribution in [3.05, 3.63) is 182 Å². The van der Waals surface area contributed by atoms with Gasteiger partial charge in [0.25, 0.3) is 0 Å². The second kappa shape index (κ2) is 12.0. The molecule has 1 heterocycles. The topological polar surface area (TPSA) is 16.1 Å². The van der Waals surface area contributed by atoms with Crippen molar-refractivity contribution in [1.29, 1.82) is 0 Å². The molecule has 0 saturated carbocycles. The highest BCUT2D eigenvalue weighted by Crippen LogP contribution is 2.39. The summed E-state index contributed by atoms with van der Waals surface area (Å²) in [6.07, 6.45) is 0. The number of thiazole rings is 1. The average Bonchev–Trinajstić information content (AvgIpc) is 3.60. The molecule has 0 unspecified atom stereocenters. The molecule has 0 spiro atoms. The number of aromatic nitrogens is 1. The van der Waals surface area contributed by atoms with E-state index in [2.05, 4.69) is 181 Å². The first-order chi connectivity index (χ1) is 23.7. The summed E-state index contributed by atoms with van der Waals surface area (Å²) < 4.78 is 1.21. The Bertz CT molecular complexity index is 2520. The van der Waals surface area contributed by atoms with Crippen molar-refractivity contribution in [1.82, 2.24) is 4.98 Å². The Morgan fingerprint density at radius 1 is 0.354 bits per heavy atom. The van der Waals surface area contributed by atoms with Crippen LogP contribution >= 0.6 is 11.3 Å². The maximum absolute atomic E-state index is 4.90. The van der Waals surface area contributed by atoms with Crippen molar-refractivity contribution in [3.8, 4) is 32.8 Å². The van der Waals surface area contributed by atoms with Gasteiger partial charge in [-0.15, -0.1) is 11.3 Å². The summed E-state index contributed by atoms with van der Waals surface area (Å²) in [4.78, 5) is 7.25. The Kier molecular flexibility index (Phi) is 7.03. The third-order valence-corrected chi connectivity index (χ3v) is 10.2. The lowest BCUT2D eigenvalue weighted by molar-refractivity contribution is 1.29. The van der Waals surface area contributed by atoms with Gasteiger partial charge in [0.05, 0.1) is 10.2 Å². The zero-order valence-corrected chi connectivity index (χ0v) is 26.9. The van der Waals surface area contributed by atoms with Crippen LogP contribution in [0.15, 0.2) is 182 Å². The lowest BCUT2D eigenvalue weighted by Crippen LogP contribution is -2.09. The van der Waals surface area contributed by atoms with Crippen LogP contribution in [0.25, 0.3) is 64.6 Å². The van der Waals surface area contributed by atoms with E-state index in [1.54, 1.807) is 11.3 Å². The van der Waals surface area contributed by atoms with Gasteiger partial charge in [-0.1, -0.05) is 127 Å². The van der Waals surface area contributed by atoms with Crippen LogP contribution in [-0.4, -0.2) is 4.98 Å². The summed E-state index contributed by atoms with van der Waals surface area (Å²) in [6, 6.07) is 65.3. The van der Waals surface area contributed by atoms with Crippen molar-refractivity contribution in [2.45, 2.75) is 0 Å². The molecule has 8 aromatic carbocycles. The molecular formula is C45H30N2S. The van der Waals surface area contributed by atoms with Crippen LogP contribution in [0.2, 0.25) is 0 Å². The first-order valence-electron chi connectivity index (χ1n) is 16.2. The SMILES string of the molecule is c1ccc(-c2ccc(-c3ccc(N(c4ccc5ccccc5c4)c4ccc5cc(-c6nc7ccccc7s6)ccc5c4)cc3)cc2)cc1. The van der Waals surface area contributed by atoms with Gasteiger partial charge < -0.3 is 4.90 Å². The van der Waals surface area contributed by atoms with E-state index < -0.39 is 0 Å². The van der Waals surface area contributed by atoms with Gasteiger partial charge in [0.15, 0.2) is 0 Å². The summed E-state index contributed by atoms with van der Waals surface area (Å²) in [5.41, 5.74) is 10.4. The van der Waals surface area contributed by atoms with E-state index in [4.69, 9.17) is 4.98 Å². The number of benzene rings is 8. The van der Waals surface area contributed by atoms with E-state index in [1.165, 1.54) is 48.5 Å². The Hall–Kier alpha value is -6.03. The summed E-state index contributed by atoms with van der Waals surface area (Å²) in [5, 5.41) is 5.89. The van der Waals surface area contributed by atoms with Crippen LogP contribution in [-0.2, 0) is 0 Å². The quantitative estimate of drug-likeness (QED) is 0.182. The molecule has 0 atom stereocenters. The summed E-state index contributed by atoms with van der Waals surface area (Å²) in [5.74, 6) is 0. The standard InChI is InChI=1S/C45H30N2S/c1-2-8-31(9-3-1)33-14-16-34(17-15-33)35-20-24-40(25-21-35)47(41-26-22-32-10-4-5-11-36(32)29-41)42-27-23-37-28-39(19-18-38(37)30-42)45-46-43-12-6-7-13-44(43)48-45/h1-30H. The van der Waals surface area contributed by atoms with Crippen molar-refractivity contribution >= 4 is 60.2 Å². The fourth-order valence-corrected chi connectivity index (χ4v) is 7.51. The van der Waals surface area contributed by atoms with Crippen LogP contribution in [0.3, 0.4) is 0 Å². The molecule has 9 rings (SSSR count). The van der Waals surface area contributed by atoms with Gasteiger partial charge >= 0.3 is 0 Å². The number of hydrogen-bond donors (Lipinski definition) is 0. The lowest BCUT2D eigenvalue weighted by atomic mass is 10.00. The Balaban J connectivity index is 1.09. The molecule has 0 aliphatic rings. The van der Waals surface area contributed by atoms with E-state index >= 15 is 0 Å². The maximum Gasteiger partial charge on any atom is 0.124 e. The molecule has 9 aromatic rings. The minimum atomic E-state index is 1.05. The Labute approximate surface area is 283 Å². The molecule has 226 valence electrons. The molecule has 3 heteroatoms. The number of para-hydroxylation sites is 1. The van der Waals surface area contributed by atoms with Gasteiger partial charge in [-0.2, -0.15) is 0 Å². The van der Waals surface area contributed by atoms with Crippen LogP contribution in [0.5, 0.6) is 0 Å². The Morgan fingerprint density at radius 3 is 1.54 bits per heavy atom. The van der Waals surface area contributed by atoms with Crippen molar-refractivity contribution in [3.63, 3.8) is 0 Å². The van der Waals surface area contributed by atoms with Gasteiger partial charge in [-0.05, 0) is 98.4 Å². The van der Waals surface area contributed by atoms with E-state index in [-0.39, 0.29) is 0 Å². The molecule has 0 bridgehead atoms. The van der Waals surface area contributed by atoms with E-state index in [0.29, 0.717) is 0 Å². The molecule has 0 fully saturated rings. The Morgan fingerprint density at radius 2 is 0.833 bits per heavy atom. The van der Waals surface area contributed by atoms with Crippen molar-refractivity contribution < 1.29 is 0 Å². The fourth-order valence-electron chi connectivity index (χ4n) is 6.55. The minimum Gasteiger partial charge on any atom is -0.310 e. The number of fused-ring (bicyclic) bond motifs is 3. The highest BCUT2D eigenvalue weighted by molar-refractivity contribution is 7.21. The average molecular weight is 631 g/mol. The maximum atomic E-state index is 4.90. The third kappa shape index (κ3) is 5.30. The minimum absolute atomic E-state index is 1.05. The molecular weight excluding hydrogens is 601 g/mol. The van der Waals surface area contributed by atoms with Crippen LogP contribution < -0.4 is 4.90 Å². The zero-order valence-electron chi connectivity index (χ0n) is 26.1. The number of anilines is 3. The van der Waals surface area contributed by atoms with Crippen LogP contribution in [0, 0.1) is 0 Å². The van der Waals surface area contributed by atoms with Gasteiger partial charge in [-0.3, -0.25) is 0 Å². The predicted molar refractivity (Wildman–Crippen MR) is 206 cm³/mol. The lowest BCUT2D eigenvalue weighted by Gasteiger charge is -2.26. The molecule has 0 saturated heterocycles. The van der Waals surface area contributed by atoms with Gasteiger partial charge in [0, 0.05) is 22.6 Å². The zero-order chi connectivity index (χ0) is 31.9. The predicted octanol–water partition coefficient (Wildman–Crippen LogP) is 13.1. The summed E-state index contributed by atoms with van der Waals surface area (Å²) in [7, 11) is 0. The molecule has 48 heavy (non-hydrogen) atoms. The highest BCUT2D eigenvalue weighted by Gasteiger charge is 2.15. The molecule has 0 N–H and O–H groups in total. The molecule has 1 aromatic heterocycles. The smallest absolute Gasteiger partial charge is 0.124 e. The highest BCUT2D eigenvalue weighted by atomic mass is 32.1. The van der Waals surface area contributed by atoms with Crippen LogP contribution in [0.1, 0.15) is 0 Å². The van der Waals surface area contributed by atoms with Gasteiger partial charge in [0.2, 0.25) is 0 Å². The number of nitrogens with zero attached hydrogens (tertiary/aromatic N) is 2. The normalized spacial score (nSPS) is 11.3. The molecule has 2 nitrogen and oxygen atoms in total. The number of hydrogen-bond acceptors (Lipinski definition) is 3. The third-order valence-electron chi connectivity index (χ3n) is 9.06. The van der Waals surface area contributed by atoms with Crippen LogP contribution in [0.4, 0.5) is 17.1 Å². The largest absolute Gasteiger partial charge is 0.310 e. The van der Waals surface area contributed by atoms with Crippen molar-refractivity contribution in [2.24, 2.45) is 0 Å². The van der Waals surface area contributed by atoms with E-state index in [9.17, 15) is 0 Å². The first kappa shape index (κ1) is 28.2. The summed E-state index contributed by atoms with van der Waals surface area (Å²) in [6.45, 7) is 0. The fraction of sp³-hybridized carbons (Fsp3) is 0. The number of rotatable bonds is 6. The molecule has 0 amide bonds. The van der Waals surface area contributed by atoms with E-state index in [1.807, 2.05) is 6.07 Å². The molecule has 0 aliphatic heterocycles. The van der Waals surface area contributed by atoms with Gasteiger partial charge in [-0.25, -0.2) is 4.98 Å². The van der Waals surface area contributed by atoms with Crippen molar-refractivity contribution in [2.75, 3.05) is 4.90 Å². The summed E-state index contributed by atoms with van der Waals surface area (Å²) >= 11 is 1.74. The van der Waals surface area contributed by atoms with E-state index in [0.717, 1.165) is 33.1 Å². The monoisotopic (exact) mass is 630 g/mol. The second-order valence-electron chi connectivity index (χ2n) is 12.1. The molecule has 0 radical (unpaired) electrons. The van der Waals surface area contributed by atoms with Gasteiger partial charge in [0.1, 0.15) is 5.01 Å². The second-order valence-corrected chi connectivity index (χ2v) is 13.1.